The lowest BCUT2D eigenvalue weighted by Gasteiger charge is -2.40. The van der Waals surface area contributed by atoms with E-state index in [1.807, 2.05) is 79.9 Å². The molecular weight excluding hydrogens is 725 g/mol. The highest BCUT2D eigenvalue weighted by Gasteiger charge is 2.39. The predicted octanol–water partition coefficient (Wildman–Crippen LogP) is 4.56. The normalized spacial score (nSPS) is 25.6. The van der Waals surface area contributed by atoms with Crippen molar-refractivity contribution in [3.63, 3.8) is 0 Å². The maximum Gasteiger partial charge on any atom is 0.263 e. The highest BCUT2D eigenvalue weighted by Crippen LogP contribution is 2.41. The Balaban J connectivity index is 0.978. The van der Waals surface area contributed by atoms with E-state index >= 15 is 0 Å². The van der Waals surface area contributed by atoms with Crippen LogP contribution in [0.5, 0.6) is 17.4 Å². The number of aryl methyl sites for hydroxylation is 1. The molecule has 13 nitrogen and oxygen atoms in total. The van der Waals surface area contributed by atoms with Crippen LogP contribution >= 0.6 is 0 Å². The summed E-state index contributed by atoms with van der Waals surface area (Å²) in [4.78, 5) is 40.7. The number of amides is 2. The first-order chi connectivity index (χ1) is 27.7. The fraction of sp³-hybridized carbons (Fsp3) is 0.455. The first kappa shape index (κ1) is 38.5. The van der Waals surface area contributed by atoms with Crippen molar-refractivity contribution in [2.75, 3.05) is 30.0 Å². The van der Waals surface area contributed by atoms with Crippen LogP contribution in [0.2, 0.25) is 0 Å². The molecule has 2 aromatic heterocycles. The van der Waals surface area contributed by atoms with Gasteiger partial charge in [-0.15, -0.1) is 0 Å². The zero-order chi connectivity index (χ0) is 39.5. The molecule has 2 saturated carbocycles. The van der Waals surface area contributed by atoms with E-state index in [-0.39, 0.29) is 23.8 Å². The predicted molar refractivity (Wildman–Crippen MR) is 215 cm³/mol. The lowest BCUT2D eigenvalue weighted by atomic mass is 9.78. The number of benzene rings is 2. The Morgan fingerprint density at radius 1 is 0.754 bits per heavy atom. The minimum atomic E-state index is -0.858. The number of aliphatic hydroxyl groups is 2. The Kier molecular flexibility index (Phi) is 11.5. The SMILES string of the molecule is COc1ccc(CN2CC(C(=O)NC3CCCC(c4ccc5c(c4)OC(C(=O)NC4CCCCC4O)CN5Cc4ccc(C)nc4)C3O)Oc3ccccc32)cn1. The third kappa shape index (κ3) is 8.64. The van der Waals surface area contributed by atoms with Crippen LogP contribution in [0.15, 0.2) is 79.1 Å². The van der Waals surface area contributed by atoms with Gasteiger partial charge in [0, 0.05) is 43.2 Å². The van der Waals surface area contributed by atoms with Crippen molar-refractivity contribution in [2.24, 2.45) is 0 Å². The lowest BCUT2D eigenvalue weighted by Crippen LogP contribution is -2.55. The molecule has 7 atom stereocenters. The standard InChI is InChI=1S/C44H52N6O7/c1-27-14-15-28(21-45-27)23-50-26-40(43(53)47-32-9-3-5-12-36(32)51)57-38-20-30(17-18-35(38)50)31-8-7-10-33(42(31)52)48-44(54)39-25-49(34-11-4-6-13-37(34)56-39)24-29-16-19-41(55-2)46-22-29/h4,6,11,13-22,31-33,36,39-40,42,51-52H,3,5,7-10,12,23-26H2,1-2H3,(H,47,53)(H,48,54). The molecule has 8 rings (SSSR count). The van der Waals surface area contributed by atoms with Crippen molar-refractivity contribution in [1.29, 1.82) is 0 Å². The molecule has 2 aliphatic carbocycles. The molecule has 2 amide bonds. The summed E-state index contributed by atoms with van der Waals surface area (Å²) in [6.45, 7) is 3.66. The summed E-state index contributed by atoms with van der Waals surface area (Å²) in [7, 11) is 1.58. The fourth-order valence-electron chi connectivity index (χ4n) is 8.68. The Bertz CT molecular complexity index is 2030. The summed E-state index contributed by atoms with van der Waals surface area (Å²) < 4.78 is 17.9. The molecule has 2 fully saturated rings. The molecule has 0 bridgehead atoms. The number of carbonyl (C=O) groups is 2. The van der Waals surface area contributed by atoms with Gasteiger partial charge in [0.1, 0.15) is 11.5 Å². The summed E-state index contributed by atoms with van der Waals surface area (Å²) in [5.41, 5.74) is 5.52. The molecule has 2 aromatic carbocycles. The van der Waals surface area contributed by atoms with Crippen LogP contribution in [-0.4, -0.2) is 88.7 Å². The third-order valence-corrected chi connectivity index (χ3v) is 11.8. The number of aliphatic hydroxyl groups excluding tert-OH is 2. The number of pyridine rings is 2. The minimum absolute atomic E-state index is 0.253. The average molecular weight is 777 g/mol. The highest BCUT2D eigenvalue weighted by atomic mass is 16.5. The van der Waals surface area contributed by atoms with Crippen LogP contribution in [0.25, 0.3) is 0 Å². The molecule has 2 aliphatic heterocycles. The van der Waals surface area contributed by atoms with Gasteiger partial charge in [-0.25, -0.2) is 4.98 Å². The van der Waals surface area contributed by atoms with E-state index in [1.54, 1.807) is 13.3 Å². The zero-order valence-electron chi connectivity index (χ0n) is 32.5. The van der Waals surface area contributed by atoms with E-state index < -0.39 is 30.5 Å². The summed E-state index contributed by atoms with van der Waals surface area (Å²) >= 11 is 0. The number of anilines is 2. The molecule has 4 aromatic rings. The highest BCUT2D eigenvalue weighted by molar-refractivity contribution is 5.84. The molecule has 4 N–H and O–H groups in total. The number of para-hydroxylation sites is 2. The second kappa shape index (κ2) is 17.0. The minimum Gasteiger partial charge on any atom is -0.481 e. The average Bonchev–Trinajstić information content (AvgIpc) is 3.23. The van der Waals surface area contributed by atoms with Crippen LogP contribution in [0.4, 0.5) is 11.4 Å². The van der Waals surface area contributed by atoms with Crippen LogP contribution in [-0.2, 0) is 22.7 Å². The quantitative estimate of drug-likeness (QED) is 0.179. The monoisotopic (exact) mass is 776 g/mol. The second-order valence-corrected chi connectivity index (χ2v) is 15.8. The van der Waals surface area contributed by atoms with Gasteiger partial charge < -0.3 is 44.9 Å². The number of fused-ring (bicyclic) bond motifs is 2. The van der Waals surface area contributed by atoms with Crippen LogP contribution in [0.3, 0.4) is 0 Å². The first-order valence-corrected chi connectivity index (χ1v) is 20.2. The van der Waals surface area contributed by atoms with Crippen molar-refractivity contribution >= 4 is 23.2 Å². The number of hydrogen-bond donors (Lipinski definition) is 4. The molecule has 0 saturated heterocycles. The Hall–Kier alpha value is -5.40. The topological polar surface area (TPSA) is 159 Å². The van der Waals surface area contributed by atoms with Gasteiger partial charge in [-0.2, -0.15) is 0 Å². The Morgan fingerprint density at radius 3 is 2.09 bits per heavy atom. The Morgan fingerprint density at radius 2 is 1.40 bits per heavy atom. The summed E-state index contributed by atoms with van der Waals surface area (Å²) in [6.07, 6.45) is 6.07. The number of ether oxygens (including phenoxy) is 3. The molecule has 300 valence electrons. The molecule has 7 unspecified atom stereocenters. The van der Waals surface area contributed by atoms with Gasteiger partial charge in [0.25, 0.3) is 11.8 Å². The number of rotatable bonds is 10. The van der Waals surface area contributed by atoms with Gasteiger partial charge in [0.05, 0.1) is 55.9 Å². The zero-order valence-corrected chi connectivity index (χ0v) is 32.5. The van der Waals surface area contributed by atoms with Crippen molar-refractivity contribution in [2.45, 2.75) is 107 Å². The van der Waals surface area contributed by atoms with Crippen molar-refractivity contribution in [3.05, 3.63) is 102 Å². The summed E-state index contributed by atoms with van der Waals surface area (Å²) in [6, 6.07) is 20.6. The Labute approximate surface area is 333 Å². The molecule has 57 heavy (non-hydrogen) atoms. The number of methoxy groups -OCH3 is 1. The molecular formula is C44H52N6O7. The van der Waals surface area contributed by atoms with Gasteiger partial charge in [-0.05, 0) is 79.6 Å². The van der Waals surface area contributed by atoms with Gasteiger partial charge in [0.15, 0.2) is 12.2 Å². The molecule has 4 aliphatic rings. The van der Waals surface area contributed by atoms with Gasteiger partial charge in [0.2, 0.25) is 5.88 Å². The molecule has 13 heteroatoms. The van der Waals surface area contributed by atoms with Crippen molar-refractivity contribution < 1.29 is 34.0 Å². The number of carbonyl (C=O) groups excluding carboxylic acids is 2. The van der Waals surface area contributed by atoms with Crippen molar-refractivity contribution in [3.8, 4) is 17.4 Å². The number of hydrogen-bond acceptors (Lipinski definition) is 11. The molecule has 0 spiro atoms. The largest absolute Gasteiger partial charge is 0.481 e. The van der Waals surface area contributed by atoms with Crippen LogP contribution in [0.1, 0.15) is 73.2 Å². The van der Waals surface area contributed by atoms with E-state index in [0.29, 0.717) is 56.4 Å². The van der Waals surface area contributed by atoms with E-state index in [9.17, 15) is 19.8 Å². The van der Waals surface area contributed by atoms with Crippen molar-refractivity contribution in [1.82, 2.24) is 20.6 Å². The third-order valence-electron chi connectivity index (χ3n) is 11.8. The lowest BCUT2D eigenvalue weighted by molar-refractivity contribution is -0.130. The summed E-state index contributed by atoms with van der Waals surface area (Å²) in [5.74, 6) is 0.909. The van der Waals surface area contributed by atoms with Crippen LogP contribution in [0, 0.1) is 6.92 Å². The summed E-state index contributed by atoms with van der Waals surface area (Å²) in [5, 5.41) is 28.7. The van der Waals surface area contributed by atoms with E-state index in [0.717, 1.165) is 65.9 Å². The van der Waals surface area contributed by atoms with E-state index in [4.69, 9.17) is 14.2 Å². The number of nitrogens with one attached hydrogen (secondary N) is 2. The maximum absolute atomic E-state index is 13.9. The fourth-order valence-corrected chi connectivity index (χ4v) is 8.68. The number of aromatic nitrogens is 2. The smallest absolute Gasteiger partial charge is 0.263 e. The molecule has 4 heterocycles. The van der Waals surface area contributed by atoms with Crippen LogP contribution < -0.4 is 34.6 Å². The maximum atomic E-state index is 13.9. The van der Waals surface area contributed by atoms with Gasteiger partial charge in [-0.3, -0.25) is 14.6 Å². The first-order valence-electron chi connectivity index (χ1n) is 20.2. The van der Waals surface area contributed by atoms with E-state index in [2.05, 4.69) is 30.4 Å². The molecule has 0 radical (unpaired) electrons. The van der Waals surface area contributed by atoms with Gasteiger partial charge >= 0.3 is 0 Å². The number of nitrogens with zero attached hydrogens (tertiary/aromatic N) is 4. The second-order valence-electron chi connectivity index (χ2n) is 15.8. The van der Waals surface area contributed by atoms with Gasteiger partial charge in [-0.1, -0.05) is 49.6 Å². The van der Waals surface area contributed by atoms with E-state index in [1.165, 1.54) is 0 Å².